The van der Waals surface area contributed by atoms with Crippen molar-refractivity contribution in [3.05, 3.63) is 35.9 Å². The fourth-order valence-electron chi connectivity index (χ4n) is 2.14. The minimum atomic E-state index is -1.22. The summed E-state index contributed by atoms with van der Waals surface area (Å²) in [5, 5.41) is 9.17. The summed E-state index contributed by atoms with van der Waals surface area (Å²) in [6, 6.07) is 8.99. The molecule has 1 aromatic rings. The van der Waals surface area contributed by atoms with E-state index in [4.69, 9.17) is 4.74 Å². The summed E-state index contributed by atoms with van der Waals surface area (Å²) in [7, 11) is 0. The Kier molecular flexibility index (Phi) is 4.92. The van der Waals surface area contributed by atoms with E-state index in [1.54, 1.807) is 24.3 Å². The van der Waals surface area contributed by atoms with Crippen LogP contribution in [0.4, 0.5) is 4.79 Å². The van der Waals surface area contributed by atoms with Crippen LogP contribution in [0.3, 0.4) is 0 Å². The van der Waals surface area contributed by atoms with Crippen molar-refractivity contribution in [3.8, 4) is 0 Å². The highest BCUT2D eigenvalue weighted by molar-refractivity contribution is 5.82. The van der Waals surface area contributed by atoms with Crippen LogP contribution < -0.4 is 0 Å². The Morgan fingerprint density at radius 2 is 1.81 bits per heavy atom. The van der Waals surface area contributed by atoms with Crippen LogP contribution in [0.1, 0.15) is 18.4 Å². The molecule has 21 heavy (non-hydrogen) atoms. The molecule has 6 nitrogen and oxygen atoms in total. The number of carbonyl (C=O) groups excluding carboxylic acids is 2. The smallest absolute Gasteiger partial charge is 0.410 e. The summed E-state index contributed by atoms with van der Waals surface area (Å²) < 4.78 is 5.07. The minimum absolute atomic E-state index is 0.109. The Balaban J connectivity index is 1.95. The predicted molar refractivity (Wildman–Crippen MR) is 73.9 cm³/mol. The Bertz CT molecular complexity index is 518. The first-order chi connectivity index (χ1) is 10.1. The minimum Gasteiger partial charge on any atom is -0.478 e. The van der Waals surface area contributed by atoms with Crippen molar-refractivity contribution in [1.29, 1.82) is 0 Å². The van der Waals surface area contributed by atoms with Gasteiger partial charge >= 0.3 is 12.1 Å². The van der Waals surface area contributed by atoms with Gasteiger partial charge in [0.15, 0.2) is 0 Å². The van der Waals surface area contributed by atoms with E-state index in [2.05, 4.69) is 0 Å². The third-order valence-electron chi connectivity index (χ3n) is 3.36. The van der Waals surface area contributed by atoms with Crippen molar-refractivity contribution in [2.75, 3.05) is 13.1 Å². The van der Waals surface area contributed by atoms with Crippen LogP contribution in [0.25, 0.3) is 0 Å². The molecule has 0 aromatic heterocycles. The largest absolute Gasteiger partial charge is 0.478 e. The molecule has 0 spiro atoms. The highest BCUT2D eigenvalue weighted by atomic mass is 16.6. The number of nitrogens with zero attached hydrogens (tertiary/aromatic N) is 1. The maximum Gasteiger partial charge on any atom is 0.410 e. The average Bonchev–Trinajstić information content (AvgIpc) is 2.48. The molecule has 1 atom stereocenters. The molecule has 112 valence electrons. The molecule has 0 aliphatic carbocycles. The Hall–Kier alpha value is -2.37. The van der Waals surface area contributed by atoms with E-state index in [9.17, 15) is 19.5 Å². The molecule has 1 aromatic carbocycles. The number of amides is 1. The van der Waals surface area contributed by atoms with Gasteiger partial charge in [0.05, 0.1) is 0 Å². The first kappa shape index (κ1) is 15.0. The number of hydrogen-bond acceptors (Lipinski definition) is 4. The average molecular weight is 291 g/mol. The van der Waals surface area contributed by atoms with Gasteiger partial charge in [0, 0.05) is 32.4 Å². The SMILES string of the molecule is O=C1CCN(C(=O)O[C@@H](Cc2ccccc2)C(=O)O)CC1. The lowest BCUT2D eigenvalue weighted by Crippen LogP contribution is -2.42. The maximum atomic E-state index is 11.9. The van der Waals surface area contributed by atoms with Crippen LogP contribution in [0.2, 0.25) is 0 Å². The van der Waals surface area contributed by atoms with Crippen molar-refractivity contribution in [1.82, 2.24) is 4.90 Å². The van der Waals surface area contributed by atoms with Crippen molar-refractivity contribution in [3.63, 3.8) is 0 Å². The van der Waals surface area contributed by atoms with Gasteiger partial charge in [-0.3, -0.25) is 4.79 Å². The Labute approximate surface area is 122 Å². The summed E-state index contributed by atoms with van der Waals surface area (Å²) in [6.45, 7) is 0.574. The van der Waals surface area contributed by atoms with Gasteiger partial charge in [-0.15, -0.1) is 0 Å². The number of carbonyl (C=O) groups is 3. The predicted octanol–water partition coefficient (Wildman–Crippen LogP) is 1.48. The highest BCUT2D eigenvalue weighted by Gasteiger charge is 2.28. The molecule has 1 aliphatic heterocycles. The fraction of sp³-hybridized carbons (Fsp3) is 0.400. The molecule has 1 fully saturated rings. The number of piperidine rings is 1. The van der Waals surface area contributed by atoms with E-state index in [0.717, 1.165) is 5.56 Å². The zero-order valence-electron chi connectivity index (χ0n) is 11.5. The van der Waals surface area contributed by atoms with Crippen molar-refractivity contribution in [2.24, 2.45) is 0 Å². The number of rotatable bonds is 4. The molecule has 0 saturated carbocycles. The lowest BCUT2D eigenvalue weighted by molar-refractivity contribution is -0.147. The maximum absolute atomic E-state index is 11.9. The number of carboxylic acids is 1. The first-order valence-electron chi connectivity index (χ1n) is 6.80. The van der Waals surface area contributed by atoms with Crippen LogP contribution in [-0.4, -0.2) is 47.0 Å². The summed E-state index contributed by atoms with van der Waals surface area (Å²) in [6.07, 6.45) is -1.19. The number of carboxylic acid groups (broad SMARTS) is 1. The number of ketones is 1. The van der Waals surface area contributed by atoms with Gasteiger partial charge in [-0.25, -0.2) is 9.59 Å². The Morgan fingerprint density at radius 1 is 1.19 bits per heavy atom. The monoisotopic (exact) mass is 291 g/mol. The highest BCUT2D eigenvalue weighted by Crippen LogP contribution is 2.11. The molecule has 1 N–H and O–H groups in total. The van der Waals surface area contributed by atoms with Gasteiger partial charge in [-0.05, 0) is 5.56 Å². The molecule has 1 amide bonds. The summed E-state index contributed by atoms with van der Waals surface area (Å²) in [5.41, 5.74) is 0.784. The first-order valence-corrected chi connectivity index (χ1v) is 6.80. The zero-order chi connectivity index (χ0) is 15.2. The molecule has 0 bridgehead atoms. The van der Waals surface area contributed by atoms with E-state index in [-0.39, 0.29) is 25.3 Å². The van der Waals surface area contributed by atoms with Crippen LogP contribution in [0, 0.1) is 0 Å². The second-order valence-electron chi connectivity index (χ2n) is 4.93. The van der Waals surface area contributed by atoms with Crippen LogP contribution in [0.5, 0.6) is 0 Å². The number of hydrogen-bond donors (Lipinski definition) is 1. The topological polar surface area (TPSA) is 83.9 Å². The van der Waals surface area contributed by atoms with Crippen molar-refractivity contribution in [2.45, 2.75) is 25.4 Å². The van der Waals surface area contributed by atoms with E-state index in [1.165, 1.54) is 4.90 Å². The van der Waals surface area contributed by atoms with Gasteiger partial charge in [-0.2, -0.15) is 0 Å². The third-order valence-corrected chi connectivity index (χ3v) is 3.36. The normalized spacial score (nSPS) is 16.4. The molecule has 2 rings (SSSR count). The van der Waals surface area contributed by atoms with Crippen LogP contribution in [-0.2, 0) is 20.7 Å². The van der Waals surface area contributed by atoms with Crippen molar-refractivity contribution >= 4 is 17.8 Å². The molecular weight excluding hydrogens is 274 g/mol. The molecule has 1 heterocycles. The fourth-order valence-corrected chi connectivity index (χ4v) is 2.14. The number of benzene rings is 1. The third kappa shape index (κ3) is 4.30. The van der Waals surface area contributed by atoms with Gasteiger partial charge in [0.25, 0.3) is 0 Å². The number of Topliss-reactive ketones (excluding diaryl/α,β-unsaturated/α-hetero) is 1. The molecule has 6 heteroatoms. The lowest BCUT2D eigenvalue weighted by atomic mass is 10.1. The van der Waals surface area contributed by atoms with Crippen LogP contribution in [0.15, 0.2) is 30.3 Å². The van der Waals surface area contributed by atoms with Gasteiger partial charge < -0.3 is 14.7 Å². The van der Waals surface area contributed by atoms with E-state index in [1.807, 2.05) is 6.07 Å². The van der Waals surface area contributed by atoms with Gasteiger partial charge in [-0.1, -0.05) is 30.3 Å². The van der Waals surface area contributed by atoms with Gasteiger partial charge in [0.1, 0.15) is 5.78 Å². The quantitative estimate of drug-likeness (QED) is 0.908. The molecule has 0 radical (unpaired) electrons. The molecular formula is C15H17NO5. The number of ether oxygens (including phenoxy) is 1. The van der Waals surface area contributed by atoms with Crippen LogP contribution >= 0.6 is 0 Å². The summed E-state index contributed by atoms with van der Waals surface area (Å²) in [4.78, 5) is 35.7. The molecule has 1 aliphatic rings. The Morgan fingerprint density at radius 3 is 2.38 bits per heavy atom. The number of likely N-dealkylation sites (tertiary alicyclic amines) is 1. The molecule has 1 saturated heterocycles. The molecule has 0 unspecified atom stereocenters. The number of aliphatic carboxylic acids is 1. The summed E-state index contributed by atoms with van der Waals surface area (Å²) >= 11 is 0. The van der Waals surface area contributed by atoms with E-state index in [0.29, 0.717) is 12.8 Å². The van der Waals surface area contributed by atoms with Crippen molar-refractivity contribution < 1.29 is 24.2 Å². The summed E-state index contributed by atoms with van der Waals surface area (Å²) in [5.74, 6) is -1.07. The van der Waals surface area contributed by atoms with E-state index >= 15 is 0 Å². The standard InChI is InChI=1S/C15H17NO5/c17-12-6-8-16(9-7-12)15(20)21-13(14(18)19)10-11-4-2-1-3-5-11/h1-5,13H,6-10H2,(H,18,19)/t13-/m0/s1. The second-order valence-corrected chi connectivity index (χ2v) is 4.93. The second kappa shape index (κ2) is 6.88. The van der Waals surface area contributed by atoms with Gasteiger partial charge in [0.2, 0.25) is 6.10 Å². The lowest BCUT2D eigenvalue weighted by Gasteiger charge is -2.26. The van der Waals surface area contributed by atoms with E-state index < -0.39 is 18.2 Å². The zero-order valence-corrected chi connectivity index (χ0v) is 11.5.